The normalized spacial score (nSPS) is 14.3. The van der Waals surface area contributed by atoms with Crippen molar-refractivity contribution in [1.82, 2.24) is 5.32 Å². The first-order valence-corrected chi connectivity index (χ1v) is 5.13. The Bertz CT molecular complexity index is 438. The molecular weight excluding hydrogens is 182 g/mol. The maximum absolute atomic E-state index is 4.17. The number of hydrogen-bond acceptors (Lipinski definition) is 1. The lowest BCUT2D eigenvalue weighted by Gasteiger charge is -2.15. The second-order valence-corrected chi connectivity index (χ2v) is 3.73. The Morgan fingerprint density at radius 1 is 1.33 bits per heavy atom. The van der Waals surface area contributed by atoms with Crippen molar-refractivity contribution in [3.05, 3.63) is 65.9 Å². The van der Waals surface area contributed by atoms with Gasteiger partial charge in [-0.05, 0) is 41.5 Å². The lowest BCUT2D eigenvalue weighted by molar-refractivity contribution is 0.945. The van der Waals surface area contributed by atoms with Crippen LogP contribution < -0.4 is 5.32 Å². The molecule has 1 aromatic rings. The summed E-state index contributed by atoms with van der Waals surface area (Å²) in [6, 6.07) is 8.35. The Balaban J connectivity index is 2.32. The van der Waals surface area contributed by atoms with Gasteiger partial charge in [-0.15, -0.1) is 0 Å². The van der Waals surface area contributed by atoms with Crippen molar-refractivity contribution in [3.63, 3.8) is 0 Å². The summed E-state index contributed by atoms with van der Waals surface area (Å²) in [7, 11) is 0. The van der Waals surface area contributed by atoms with Crippen LogP contribution >= 0.6 is 0 Å². The van der Waals surface area contributed by atoms with Crippen LogP contribution in [-0.2, 0) is 0 Å². The molecular formula is C14H15N. The number of hydrogen-bond donors (Lipinski definition) is 1. The average molecular weight is 197 g/mol. The third-order valence-corrected chi connectivity index (χ3v) is 2.66. The maximum atomic E-state index is 4.17. The van der Waals surface area contributed by atoms with E-state index in [0.29, 0.717) is 0 Å². The molecule has 1 aliphatic rings. The zero-order chi connectivity index (χ0) is 10.7. The largest absolute Gasteiger partial charge is 0.387 e. The van der Waals surface area contributed by atoms with Gasteiger partial charge in [-0.3, -0.25) is 0 Å². The van der Waals surface area contributed by atoms with Crippen molar-refractivity contribution in [2.75, 3.05) is 6.54 Å². The number of benzene rings is 1. The van der Waals surface area contributed by atoms with E-state index in [-0.39, 0.29) is 0 Å². The van der Waals surface area contributed by atoms with Crippen molar-refractivity contribution in [2.45, 2.75) is 6.92 Å². The molecule has 0 saturated carbocycles. The Kier molecular flexibility index (Phi) is 2.72. The number of nitrogens with one attached hydrogen (secondary N) is 1. The van der Waals surface area contributed by atoms with Gasteiger partial charge in [-0.25, -0.2) is 0 Å². The molecule has 1 nitrogen and oxygen atoms in total. The van der Waals surface area contributed by atoms with Gasteiger partial charge in [0.05, 0.1) is 0 Å². The molecule has 0 fully saturated rings. The van der Waals surface area contributed by atoms with E-state index in [0.717, 1.165) is 12.1 Å². The Morgan fingerprint density at radius 3 is 2.80 bits per heavy atom. The highest BCUT2D eigenvalue weighted by Crippen LogP contribution is 2.24. The van der Waals surface area contributed by atoms with E-state index >= 15 is 0 Å². The van der Waals surface area contributed by atoms with Gasteiger partial charge in [0.1, 0.15) is 0 Å². The van der Waals surface area contributed by atoms with Crippen LogP contribution in [0.1, 0.15) is 11.1 Å². The summed E-state index contributed by atoms with van der Waals surface area (Å²) in [6.07, 6.45) is 6.09. The quantitative estimate of drug-likeness (QED) is 0.768. The number of dihydropyridines is 1. The van der Waals surface area contributed by atoms with Crippen LogP contribution in [-0.4, -0.2) is 6.54 Å². The highest BCUT2D eigenvalue weighted by molar-refractivity contribution is 5.79. The Hall–Kier alpha value is -1.76. The van der Waals surface area contributed by atoms with E-state index in [4.69, 9.17) is 0 Å². The zero-order valence-corrected chi connectivity index (χ0v) is 8.96. The summed E-state index contributed by atoms with van der Waals surface area (Å²) in [5.41, 5.74) is 4.88. The number of allylic oxidation sites excluding steroid dienone is 2. The second-order valence-electron chi connectivity index (χ2n) is 3.73. The predicted molar refractivity (Wildman–Crippen MR) is 65.4 cm³/mol. The molecule has 1 aromatic carbocycles. The SMILES string of the molecule is C=C(C1=CC=CNC1)c1ccccc1C. The molecule has 0 amide bonds. The highest BCUT2D eigenvalue weighted by atomic mass is 14.8. The lowest BCUT2D eigenvalue weighted by atomic mass is 9.95. The van der Waals surface area contributed by atoms with Crippen molar-refractivity contribution in [2.24, 2.45) is 0 Å². The first kappa shape index (κ1) is 9.78. The minimum atomic E-state index is 0.865. The fourth-order valence-corrected chi connectivity index (χ4v) is 1.75. The molecule has 0 spiro atoms. The van der Waals surface area contributed by atoms with E-state index < -0.39 is 0 Å². The van der Waals surface area contributed by atoms with E-state index in [1.54, 1.807) is 0 Å². The standard InChI is InChI=1S/C14H15N/c1-11-6-3-4-8-14(11)12(2)13-7-5-9-15-10-13/h3-9,15H,2,10H2,1H3. The molecule has 1 N–H and O–H groups in total. The lowest BCUT2D eigenvalue weighted by Crippen LogP contribution is -2.13. The monoisotopic (exact) mass is 197 g/mol. The summed E-state index contributed by atoms with van der Waals surface area (Å²) in [5, 5.41) is 3.20. The summed E-state index contributed by atoms with van der Waals surface area (Å²) in [6.45, 7) is 7.15. The minimum Gasteiger partial charge on any atom is -0.387 e. The van der Waals surface area contributed by atoms with Crippen LogP contribution in [0.3, 0.4) is 0 Å². The van der Waals surface area contributed by atoms with Gasteiger partial charge in [0, 0.05) is 6.54 Å². The first-order valence-electron chi connectivity index (χ1n) is 5.13. The average Bonchev–Trinajstić information content (AvgIpc) is 2.30. The van der Waals surface area contributed by atoms with Crippen molar-refractivity contribution in [3.8, 4) is 0 Å². The summed E-state index contributed by atoms with van der Waals surface area (Å²) in [5.74, 6) is 0. The van der Waals surface area contributed by atoms with Crippen LogP contribution in [0.4, 0.5) is 0 Å². The van der Waals surface area contributed by atoms with Crippen molar-refractivity contribution in [1.29, 1.82) is 0 Å². The van der Waals surface area contributed by atoms with Gasteiger partial charge in [0.2, 0.25) is 0 Å². The van der Waals surface area contributed by atoms with Gasteiger partial charge in [-0.2, -0.15) is 0 Å². The molecule has 1 heteroatoms. The Labute approximate surface area is 90.8 Å². The molecule has 76 valence electrons. The molecule has 15 heavy (non-hydrogen) atoms. The first-order chi connectivity index (χ1) is 7.29. The van der Waals surface area contributed by atoms with Crippen molar-refractivity contribution < 1.29 is 0 Å². The van der Waals surface area contributed by atoms with Gasteiger partial charge in [0.25, 0.3) is 0 Å². The molecule has 0 aliphatic carbocycles. The maximum Gasteiger partial charge on any atom is 0.0401 e. The smallest absolute Gasteiger partial charge is 0.0401 e. The van der Waals surface area contributed by atoms with Gasteiger partial charge in [0.15, 0.2) is 0 Å². The van der Waals surface area contributed by atoms with Gasteiger partial charge < -0.3 is 5.32 Å². The molecule has 0 unspecified atom stereocenters. The van der Waals surface area contributed by atoms with E-state index in [9.17, 15) is 0 Å². The molecule has 1 aliphatic heterocycles. The minimum absolute atomic E-state index is 0.865. The number of aryl methyl sites for hydroxylation is 1. The molecule has 0 radical (unpaired) electrons. The summed E-state index contributed by atoms with van der Waals surface area (Å²) >= 11 is 0. The summed E-state index contributed by atoms with van der Waals surface area (Å²) < 4.78 is 0. The molecule has 2 rings (SSSR count). The fourth-order valence-electron chi connectivity index (χ4n) is 1.75. The Morgan fingerprint density at radius 2 is 2.13 bits per heavy atom. The highest BCUT2D eigenvalue weighted by Gasteiger charge is 2.07. The van der Waals surface area contributed by atoms with Crippen LogP contribution in [0.2, 0.25) is 0 Å². The van der Waals surface area contributed by atoms with Gasteiger partial charge in [-0.1, -0.05) is 36.9 Å². The van der Waals surface area contributed by atoms with E-state index in [1.165, 1.54) is 16.7 Å². The fraction of sp³-hybridized carbons (Fsp3) is 0.143. The number of rotatable bonds is 2. The molecule has 1 heterocycles. The van der Waals surface area contributed by atoms with E-state index in [1.807, 2.05) is 12.3 Å². The van der Waals surface area contributed by atoms with Crippen LogP contribution in [0, 0.1) is 6.92 Å². The molecule has 0 aromatic heterocycles. The molecule has 0 atom stereocenters. The summed E-state index contributed by atoms with van der Waals surface area (Å²) in [4.78, 5) is 0. The topological polar surface area (TPSA) is 12.0 Å². The third-order valence-electron chi connectivity index (χ3n) is 2.66. The predicted octanol–water partition coefficient (Wildman–Crippen LogP) is 3.05. The zero-order valence-electron chi connectivity index (χ0n) is 8.96. The third kappa shape index (κ3) is 2.01. The van der Waals surface area contributed by atoms with Crippen molar-refractivity contribution >= 4 is 5.57 Å². The van der Waals surface area contributed by atoms with E-state index in [2.05, 4.69) is 49.2 Å². The van der Waals surface area contributed by atoms with Crippen LogP contribution in [0.25, 0.3) is 5.57 Å². The second kappa shape index (κ2) is 4.18. The molecule has 0 bridgehead atoms. The molecule has 0 saturated heterocycles. The van der Waals surface area contributed by atoms with Crippen LogP contribution in [0.5, 0.6) is 0 Å². The van der Waals surface area contributed by atoms with Gasteiger partial charge >= 0.3 is 0 Å². The van der Waals surface area contributed by atoms with Crippen LogP contribution in [0.15, 0.2) is 54.8 Å².